The maximum Gasteiger partial charge on any atom is 0.410 e. The minimum atomic E-state index is -0.472. The predicted molar refractivity (Wildman–Crippen MR) is 121 cm³/mol. The number of aliphatic hydroxyl groups excluding tert-OH is 1. The van der Waals surface area contributed by atoms with Crippen molar-refractivity contribution in [3.05, 3.63) is 42.0 Å². The maximum absolute atomic E-state index is 12.3. The molecule has 0 atom stereocenters. The van der Waals surface area contributed by atoms with Gasteiger partial charge in [-0.25, -0.2) is 4.79 Å². The molecule has 2 aromatic carbocycles. The molecule has 1 N–H and O–H groups in total. The zero-order chi connectivity index (χ0) is 21.5. The summed E-state index contributed by atoms with van der Waals surface area (Å²) in [7, 11) is 0. The van der Waals surface area contributed by atoms with Crippen molar-refractivity contribution >= 4 is 33.6 Å². The standard InChI is InChI=1S/C24H31N3O3/c1-5-27-21-8-6-17(16-28)14-19(21)20-15-18(7-9-22(20)27)25-10-12-26(13-11-25)23(29)30-24(2,3)4/h6-9,14-15,28H,5,10-13,16H2,1-4H3. The molecule has 6 heteroatoms. The number of aryl methyl sites for hydroxylation is 1. The van der Waals surface area contributed by atoms with Crippen LogP contribution in [0.3, 0.4) is 0 Å². The quantitative estimate of drug-likeness (QED) is 0.698. The fourth-order valence-electron chi connectivity index (χ4n) is 4.25. The van der Waals surface area contributed by atoms with Gasteiger partial charge in [-0.15, -0.1) is 0 Å². The summed E-state index contributed by atoms with van der Waals surface area (Å²) in [4.78, 5) is 16.4. The lowest BCUT2D eigenvalue weighted by atomic mass is 10.1. The number of piperazine rings is 1. The number of amides is 1. The van der Waals surface area contributed by atoms with E-state index in [1.54, 1.807) is 4.90 Å². The SMILES string of the molecule is CCn1c2ccc(CO)cc2c2cc(N3CCN(C(=O)OC(C)(C)C)CC3)ccc21. The zero-order valence-corrected chi connectivity index (χ0v) is 18.3. The van der Waals surface area contributed by atoms with Crippen molar-refractivity contribution < 1.29 is 14.6 Å². The first-order valence-electron chi connectivity index (χ1n) is 10.7. The normalized spacial score (nSPS) is 15.2. The molecular formula is C24H31N3O3. The van der Waals surface area contributed by atoms with Gasteiger partial charge in [-0.05, 0) is 63.6 Å². The molecule has 6 nitrogen and oxygen atoms in total. The van der Waals surface area contributed by atoms with Gasteiger partial charge in [0.05, 0.1) is 6.61 Å². The van der Waals surface area contributed by atoms with Gasteiger partial charge >= 0.3 is 6.09 Å². The van der Waals surface area contributed by atoms with Crippen molar-refractivity contribution in [3.63, 3.8) is 0 Å². The van der Waals surface area contributed by atoms with Gasteiger partial charge in [-0.1, -0.05) is 6.07 Å². The van der Waals surface area contributed by atoms with E-state index in [4.69, 9.17) is 4.74 Å². The number of carbonyl (C=O) groups excluding carboxylic acids is 1. The van der Waals surface area contributed by atoms with Crippen molar-refractivity contribution in [1.82, 2.24) is 9.47 Å². The van der Waals surface area contributed by atoms with Crippen LogP contribution in [0.5, 0.6) is 0 Å². The fourth-order valence-corrected chi connectivity index (χ4v) is 4.25. The summed E-state index contributed by atoms with van der Waals surface area (Å²) in [5.74, 6) is 0. The molecule has 160 valence electrons. The van der Waals surface area contributed by atoms with E-state index >= 15 is 0 Å². The fraction of sp³-hybridized carbons (Fsp3) is 0.458. The monoisotopic (exact) mass is 409 g/mol. The Kier molecular flexibility index (Phi) is 5.36. The number of anilines is 1. The van der Waals surface area contributed by atoms with Gasteiger partial charge in [0.2, 0.25) is 0 Å². The summed E-state index contributed by atoms with van der Waals surface area (Å²) in [6.07, 6.45) is -0.236. The summed E-state index contributed by atoms with van der Waals surface area (Å²) < 4.78 is 7.82. The average molecular weight is 410 g/mol. The lowest BCUT2D eigenvalue weighted by Crippen LogP contribution is -2.50. The number of hydrogen-bond donors (Lipinski definition) is 1. The Bertz CT molecular complexity index is 1070. The van der Waals surface area contributed by atoms with E-state index < -0.39 is 5.60 Å². The summed E-state index contributed by atoms with van der Waals surface area (Å²) in [5.41, 5.74) is 4.01. The lowest BCUT2D eigenvalue weighted by molar-refractivity contribution is 0.0240. The molecule has 30 heavy (non-hydrogen) atoms. The van der Waals surface area contributed by atoms with Crippen LogP contribution in [-0.2, 0) is 17.9 Å². The highest BCUT2D eigenvalue weighted by Crippen LogP contribution is 2.33. The van der Waals surface area contributed by atoms with Crippen molar-refractivity contribution in [2.45, 2.75) is 46.4 Å². The number of fused-ring (bicyclic) bond motifs is 3. The van der Waals surface area contributed by atoms with Gasteiger partial charge < -0.3 is 24.2 Å². The van der Waals surface area contributed by atoms with Crippen LogP contribution in [-0.4, -0.2) is 52.4 Å². The average Bonchev–Trinajstić information content (AvgIpc) is 3.04. The number of carbonyl (C=O) groups is 1. The second kappa shape index (κ2) is 7.84. The Morgan fingerprint density at radius 1 is 1.00 bits per heavy atom. The van der Waals surface area contributed by atoms with Crippen molar-refractivity contribution in [2.75, 3.05) is 31.1 Å². The summed E-state index contributed by atoms with van der Waals surface area (Å²) >= 11 is 0. The summed E-state index contributed by atoms with van der Waals surface area (Å²) in [6.45, 7) is 11.6. The minimum absolute atomic E-state index is 0.0427. The van der Waals surface area contributed by atoms with E-state index in [9.17, 15) is 9.90 Å². The molecule has 0 bridgehead atoms. The number of hydrogen-bond acceptors (Lipinski definition) is 4. The Hall–Kier alpha value is -2.73. The Labute approximate surface area is 177 Å². The smallest absolute Gasteiger partial charge is 0.410 e. The lowest BCUT2D eigenvalue weighted by Gasteiger charge is -2.36. The van der Waals surface area contributed by atoms with E-state index in [-0.39, 0.29) is 12.7 Å². The van der Waals surface area contributed by atoms with Gasteiger partial charge in [-0.2, -0.15) is 0 Å². The van der Waals surface area contributed by atoms with E-state index in [2.05, 4.69) is 46.7 Å². The van der Waals surface area contributed by atoms with Crippen LogP contribution in [0.25, 0.3) is 21.8 Å². The highest BCUT2D eigenvalue weighted by molar-refractivity contribution is 6.09. The van der Waals surface area contributed by atoms with Crippen molar-refractivity contribution in [2.24, 2.45) is 0 Å². The predicted octanol–water partition coefficient (Wildman–Crippen LogP) is 4.36. The van der Waals surface area contributed by atoms with Gasteiger partial charge in [-0.3, -0.25) is 0 Å². The number of benzene rings is 2. The highest BCUT2D eigenvalue weighted by atomic mass is 16.6. The summed E-state index contributed by atoms with van der Waals surface area (Å²) in [6, 6.07) is 12.8. The molecule has 2 heterocycles. The molecule has 1 amide bonds. The van der Waals surface area contributed by atoms with Gasteiger partial charge in [0.1, 0.15) is 5.60 Å². The molecule has 0 spiro atoms. The topological polar surface area (TPSA) is 57.9 Å². The van der Waals surface area contributed by atoms with Gasteiger partial charge in [0.25, 0.3) is 0 Å². The molecule has 4 rings (SSSR count). The number of aliphatic hydroxyl groups is 1. The van der Waals surface area contributed by atoms with E-state index in [0.717, 1.165) is 30.9 Å². The first kappa shape index (κ1) is 20.5. The summed E-state index contributed by atoms with van der Waals surface area (Å²) in [5, 5.41) is 12.0. The molecule has 1 saturated heterocycles. The molecule has 0 radical (unpaired) electrons. The van der Waals surface area contributed by atoms with E-state index in [1.165, 1.54) is 21.8 Å². The second-order valence-electron chi connectivity index (χ2n) is 8.91. The first-order chi connectivity index (χ1) is 14.3. The molecule has 1 aromatic heterocycles. The van der Waals surface area contributed by atoms with Gasteiger partial charge in [0, 0.05) is 60.2 Å². The van der Waals surface area contributed by atoms with Crippen LogP contribution < -0.4 is 4.90 Å². The third-order valence-corrected chi connectivity index (χ3v) is 5.71. The second-order valence-corrected chi connectivity index (χ2v) is 8.91. The highest BCUT2D eigenvalue weighted by Gasteiger charge is 2.26. The van der Waals surface area contributed by atoms with Crippen LogP contribution in [0.4, 0.5) is 10.5 Å². The number of nitrogens with zero attached hydrogens (tertiary/aromatic N) is 3. The Morgan fingerprint density at radius 2 is 1.63 bits per heavy atom. The third kappa shape index (κ3) is 3.84. The molecule has 0 unspecified atom stereocenters. The van der Waals surface area contributed by atoms with Crippen molar-refractivity contribution in [3.8, 4) is 0 Å². The number of rotatable bonds is 3. The van der Waals surface area contributed by atoms with Crippen LogP contribution in [0, 0.1) is 0 Å². The number of ether oxygens (including phenoxy) is 1. The molecule has 1 aliphatic rings. The molecule has 3 aromatic rings. The maximum atomic E-state index is 12.3. The van der Waals surface area contributed by atoms with Crippen LogP contribution in [0.2, 0.25) is 0 Å². The molecular weight excluding hydrogens is 378 g/mol. The van der Waals surface area contributed by atoms with Gasteiger partial charge in [0.15, 0.2) is 0 Å². The molecule has 1 fully saturated rings. The zero-order valence-electron chi connectivity index (χ0n) is 18.3. The Morgan fingerprint density at radius 3 is 2.23 bits per heavy atom. The molecule has 1 aliphatic heterocycles. The minimum Gasteiger partial charge on any atom is -0.444 e. The van der Waals surface area contributed by atoms with E-state index in [0.29, 0.717) is 13.1 Å². The molecule has 0 aliphatic carbocycles. The first-order valence-corrected chi connectivity index (χ1v) is 10.7. The third-order valence-electron chi connectivity index (χ3n) is 5.71. The Balaban J connectivity index is 1.60. The van der Waals surface area contributed by atoms with Crippen molar-refractivity contribution in [1.29, 1.82) is 0 Å². The van der Waals surface area contributed by atoms with Crippen LogP contribution >= 0.6 is 0 Å². The largest absolute Gasteiger partial charge is 0.444 e. The van der Waals surface area contributed by atoms with E-state index in [1.807, 2.05) is 26.8 Å². The number of aromatic nitrogens is 1. The molecule has 0 saturated carbocycles. The van der Waals surface area contributed by atoms with Crippen LogP contribution in [0.1, 0.15) is 33.3 Å². The van der Waals surface area contributed by atoms with Crippen LogP contribution in [0.15, 0.2) is 36.4 Å².